The number of rotatable bonds is 5. The Morgan fingerprint density at radius 2 is 1.94 bits per heavy atom. The largest absolute Gasteiger partial charge is 0.294 e. The lowest BCUT2D eigenvalue weighted by Gasteiger charge is -2.24. The van der Waals surface area contributed by atoms with Crippen LogP contribution in [0.25, 0.3) is 0 Å². The third kappa shape index (κ3) is 2.96. The van der Waals surface area contributed by atoms with Crippen LogP contribution in [-0.4, -0.2) is 5.78 Å². The molecule has 1 unspecified atom stereocenters. The van der Waals surface area contributed by atoms with Gasteiger partial charge in [-0.2, -0.15) is 0 Å². The van der Waals surface area contributed by atoms with E-state index in [9.17, 15) is 4.79 Å². The number of hydrogen-bond donors (Lipinski definition) is 0. The summed E-state index contributed by atoms with van der Waals surface area (Å²) in [4.78, 5) is 12.0. The van der Waals surface area contributed by atoms with Crippen molar-refractivity contribution in [1.29, 1.82) is 0 Å². The summed E-state index contributed by atoms with van der Waals surface area (Å²) in [5, 5.41) is 0. The smallest absolute Gasteiger partial charge is 0.163 e. The van der Waals surface area contributed by atoms with Crippen LogP contribution in [0.2, 0.25) is 0 Å². The first-order chi connectivity index (χ1) is 8.20. The monoisotopic (exact) mass is 230 g/mol. The van der Waals surface area contributed by atoms with Crippen molar-refractivity contribution in [3.05, 3.63) is 35.4 Å². The third-order valence-electron chi connectivity index (χ3n) is 4.11. The second-order valence-corrected chi connectivity index (χ2v) is 5.36. The lowest BCUT2D eigenvalue weighted by atomic mass is 9.81. The molecule has 0 saturated heterocycles. The van der Waals surface area contributed by atoms with Crippen LogP contribution in [0.1, 0.15) is 67.8 Å². The van der Waals surface area contributed by atoms with Crippen LogP contribution in [0.3, 0.4) is 0 Å². The topological polar surface area (TPSA) is 17.1 Å². The molecule has 1 aromatic carbocycles. The van der Waals surface area contributed by atoms with E-state index in [4.69, 9.17) is 0 Å². The summed E-state index contributed by atoms with van der Waals surface area (Å²) in [6.45, 7) is 4.42. The fraction of sp³-hybridized carbons (Fsp3) is 0.562. The molecular formula is C16H22O. The van der Waals surface area contributed by atoms with Crippen LogP contribution in [0.5, 0.6) is 0 Å². The highest BCUT2D eigenvalue weighted by molar-refractivity contribution is 5.96. The molecule has 0 aliphatic heterocycles. The van der Waals surface area contributed by atoms with E-state index in [0.717, 1.165) is 18.4 Å². The van der Waals surface area contributed by atoms with Gasteiger partial charge in [0.1, 0.15) is 0 Å². The van der Waals surface area contributed by atoms with Gasteiger partial charge >= 0.3 is 0 Å². The zero-order valence-corrected chi connectivity index (χ0v) is 10.9. The molecule has 0 radical (unpaired) electrons. The van der Waals surface area contributed by atoms with Crippen molar-refractivity contribution in [2.75, 3.05) is 0 Å². The summed E-state index contributed by atoms with van der Waals surface area (Å²) >= 11 is 0. The van der Waals surface area contributed by atoms with Gasteiger partial charge in [0.2, 0.25) is 0 Å². The van der Waals surface area contributed by atoms with Gasteiger partial charge in [0.25, 0.3) is 0 Å². The van der Waals surface area contributed by atoms with Gasteiger partial charge in [0.15, 0.2) is 5.78 Å². The van der Waals surface area contributed by atoms with Crippen molar-refractivity contribution in [2.24, 2.45) is 5.92 Å². The van der Waals surface area contributed by atoms with E-state index in [0.29, 0.717) is 17.6 Å². The summed E-state index contributed by atoms with van der Waals surface area (Å²) in [6, 6.07) is 8.23. The Balaban J connectivity index is 1.98. The van der Waals surface area contributed by atoms with Crippen molar-refractivity contribution in [2.45, 2.75) is 51.9 Å². The second kappa shape index (κ2) is 5.48. The minimum Gasteiger partial charge on any atom is -0.294 e. The molecule has 0 bridgehead atoms. The summed E-state index contributed by atoms with van der Waals surface area (Å²) in [6.07, 6.45) is 5.70. The predicted molar refractivity (Wildman–Crippen MR) is 71.4 cm³/mol. The van der Waals surface area contributed by atoms with E-state index < -0.39 is 0 Å². The fourth-order valence-corrected chi connectivity index (χ4v) is 2.31. The average Bonchev–Trinajstić information content (AvgIpc) is 2.32. The highest BCUT2D eigenvalue weighted by Crippen LogP contribution is 2.30. The molecule has 1 aliphatic rings. The molecular weight excluding hydrogens is 208 g/mol. The van der Waals surface area contributed by atoms with Gasteiger partial charge in [-0.05, 0) is 23.8 Å². The van der Waals surface area contributed by atoms with Crippen molar-refractivity contribution in [1.82, 2.24) is 0 Å². The summed E-state index contributed by atoms with van der Waals surface area (Å²) in [7, 11) is 0. The zero-order valence-electron chi connectivity index (χ0n) is 10.9. The first-order valence-corrected chi connectivity index (χ1v) is 6.84. The van der Waals surface area contributed by atoms with E-state index >= 15 is 0 Å². The number of carbonyl (C=O) groups excluding carboxylic acids is 1. The molecule has 17 heavy (non-hydrogen) atoms. The van der Waals surface area contributed by atoms with Crippen LogP contribution in [0.15, 0.2) is 24.3 Å². The Hall–Kier alpha value is -1.11. The van der Waals surface area contributed by atoms with Crippen molar-refractivity contribution < 1.29 is 4.79 Å². The number of carbonyl (C=O) groups is 1. The normalized spacial score (nSPS) is 17.5. The van der Waals surface area contributed by atoms with Gasteiger partial charge in [-0.3, -0.25) is 4.79 Å². The molecule has 1 heteroatoms. The molecule has 0 amide bonds. The number of Topliss-reactive ketones (excluding diaryl/α,β-unsaturated/α-hetero) is 1. The van der Waals surface area contributed by atoms with Crippen molar-refractivity contribution in [3.8, 4) is 0 Å². The molecule has 0 aromatic heterocycles. The predicted octanol–water partition coefficient (Wildman–Crippen LogP) is 4.57. The summed E-state index contributed by atoms with van der Waals surface area (Å²) in [5.74, 6) is 1.58. The Morgan fingerprint density at radius 1 is 1.29 bits per heavy atom. The SMILES string of the molecule is CCC(C)c1ccc(C(=O)CC2CCC2)cc1. The van der Waals surface area contributed by atoms with Crippen LogP contribution >= 0.6 is 0 Å². The number of benzene rings is 1. The molecule has 1 saturated carbocycles. The highest BCUT2D eigenvalue weighted by atomic mass is 16.1. The molecule has 1 fully saturated rings. The molecule has 1 nitrogen and oxygen atoms in total. The Labute approximate surface area is 104 Å². The van der Waals surface area contributed by atoms with Gasteiger partial charge in [-0.25, -0.2) is 0 Å². The lowest BCUT2D eigenvalue weighted by molar-refractivity contribution is 0.0936. The van der Waals surface area contributed by atoms with Crippen molar-refractivity contribution in [3.63, 3.8) is 0 Å². The Morgan fingerprint density at radius 3 is 2.41 bits per heavy atom. The van der Waals surface area contributed by atoms with Gasteiger partial charge in [-0.15, -0.1) is 0 Å². The van der Waals surface area contributed by atoms with Crippen LogP contribution in [0, 0.1) is 5.92 Å². The average molecular weight is 230 g/mol. The van der Waals surface area contributed by atoms with Crippen molar-refractivity contribution >= 4 is 5.78 Å². The van der Waals surface area contributed by atoms with E-state index in [1.54, 1.807) is 0 Å². The Bertz CT molecular complexity index is 373. The first-order valence-electron chi connectivity index (χ1n) is 6.84. The maximum Gasteiger partial charge on any atom is 0.163 e. The quantitative estimate of drug-likeness (QED) is 0.677. The van der Waals surface area contributed by atoms with E-state index in [1.807, 2.05) is 12.1 Å². The van der Waals surface area contributed by atoms with Crippen LogP contribution in [0.4, 0.5) is 0 Å². The lowest BCUT2D eigenvalue weighted by Crippen LogP contribution is -2.15. The van der Waals surface area contributed by atoms with Crippen LogP contribution in [-0.2, 0) is 0 Å². The van der Waals surface area contributed by atoms with Gasteiger partial charge in [-0.1, -0.05) is 57.4 Å². The van der Waals surface area contributed by atoms with Gasteiger partial charge < -0.3 is 0 Å². The molecule has 0 spiro atoms. The molecule has 2 rings (SSSR count). The number of ketones is 1. The minimum atomic E-state index is 0.324. The van der Waals surface area contributed by atoms with Gasteiger partial charge in [0, 0.05) is 12.0 Å². The second-order valence-electron chi connectivity index (χ2n) is 5.36. The van der Waals surface area contributed by atoms with E-state index in [1.165, 1.54) is 24.8 Å². The minimum absolute atomic E-state index is 0.324. The molecule has 92 valence electrons. The molecule has 1 atom stereocenters. The molecule has 0 N–H and O–H groups in total. The molecule has 1 aromatic rings. The fourth-order valence-electron chi connectivity index (χ4n) is 2.31. The highest BCUT2D eigenvalue weighted by Gasteiger charge is 2.21. The first kappa shape index (κ1) is 12.3. The van der Waals surface area contributed by atoms with E-state index in [2.05, 4.69) is 26.0 Å². The molecule has 1 aliphatic carbocycles. The standard InChI is InChI=1S/C16H22O/c1-3-12(2)14-7-9-15(10-8-14)16(17)11-13-5-4-6-13/h7-10,12-13H,3-6,11H2,1-2H3. The third-order valence-corrected chi connectivity index (χ3v) is 4.11. The Kier molecular flexibility index (Phi) is 3.98. The number of hydrogen-bond acceptors (Lipinski definition) is 1. The zero-order chi connectivity index (χ0) is 12.3. The summed E-state index contributed by atoms with van der Waals surface area (Å²) in [5.41, 5.74) is 2.23. The maximum atomic E-state index is 12.0. The molecule has 0 heterocycles. The maximum absolute atomic E-state index is 12.0. The summed E-state index contributed by atoms with van der Waals surface area (Å²) < 4.78 is 0. The van der Waals surface area contributed by atoms with Gasteiger partial charge in [0.05, 0.1) is 0 Å². The van der Waals surface area contributed by atoms with Crippen LogP contribution < -0.4 is 0 Å². The van der Waals surface area contributed by atoms with E-state index in [-0.39, 0.29) is 0 Å².